The number of aryl methyl sites for hydroxylation is 1. The van der Waals surface area contributed by atoms with E-state index < -0.39 is 0 Å². The zero-order valence-electron chi connectivity index (χ0n) is 8.60. The molecule has 0 radical (unpaired) electrons. The Morgan fingerprint density at radius 2 is 2.43 bits per heavy atom. The van der Waals surface area contributed by atoms with Crippen LogP contribution < -0.4 is 0 Å². The first-order valence-corrected chi connectivity index (χ1v) is 4.92. The summed E-state index contributed by atoms with van der Waals surface area (Å²) >= 11 is 0. The van der Waals surface area contributed by atoms with Crippen LogP contribution in [0.15, 0.2) is 12.3 Å². The Bertz CT molecular complexity index is 345. The Kier molecular flexibility index (Phi) is 2.27. The Morgan fingerprint density at radius 1 is 1.64 bits per heavy atom. The number of rotatable bonds is 1. The number of hydrogen-bond donors (Lipinski definition) is 0. The van der Waals surface area contributed by atoms with Crippen molar-refractivity contribution in [1.82, 2.24) is 14.7 Å². The second kappa shape index (κ2) is 3.44. The molecule has 0 spiro atoms. The third-order valence-electron chi connectivity index (χ3n) is 2.79. The fraction of sp³-hybridized carbons (Fsp3) is 0.600. The molecule has 4 heteroatoms. The Labute approximate surface area is 83.5 Å². The molecular weight excluding hydrogens is 178 g/mol. The Balaban J connectivity index is 2.05. The molecule has 1 aromatic rings. The van der Waals surface area contributed by atoms with E-state index in [9.17, 15) is 4.79 Å². The molecular formula is C10H15N3O. The van der Waals surface area contributed by atoms with E-state index >= 15 is 0 Å². The average Bonchev–Trinajstić information content (AvgIpc) is 2.70. The highest BCUT2D eigenvalue weighted by atomic mass is 16.2. The molecule has 1 amide bonds. The van der Waals surface area contributed by atoms with E-state index in [1.165, 1.54) is 0 Å². The predicted octanol–water partition coefficient (Wildman–Crippen LogP) is 0.756. The van der Waals surface area contributed by atoms with Crippen molar-refractivity contribution in [1.29, 1.82) is 0 Å². The maximum Gasteiger partial charge on any atom is 0.219 e. The average molecular weight is 193 g/mol. The summed E-state index contributed by atoms with van der Waals surface area (Å²) < 4.78 is 1.81. The lowest BCUT2D eigenvalue weighted by Gasteiger charge is -2.12. The Morgan fingerprint density at radius 3 is 2.93 bits per heavy atom. The van der Waals surface area contributed by atoms with Crippen LogP contribution in [0, 0.1) is 0 Å². The van der Waals surface area contributed by atoms with E-state index in [0.717, 1.165) is 25.2 Å². The van der Waals surface area contributed by atoms with E-state index in [-0.39, 0.29) is 5.91 Å². The summed E-state index contributed by atoms with van der Waals surface area (Å²) in [6, 6.07) is 2.04. The lowest BCUT2D eigenvalue weighted by atomic mass is 10.1. The maximum atomic E-state index is 11.1. The zero-order valence-corrected chi connectivity index (χ0v) is 8.60. The van der Waals surface area contributed by atoms with E-state index in [4.69, 9.17) is 0 Å². The van der Waals surface area contributed by atoms with Gasteiger partial charge in [-0.25, -0.2) is 0 Å². The summed E-state index contributed by atoms with van der Waals surface area (Å²) in [5.74, 6) is 0.600. The molecule has 0 bridgehead atoms. The van der Waals surface area contributed by atoms with Crippen molar-refractivity contribution in [3.8, 4) is 0 Å². The molecule has 1 saturated heterocycles. The normalized spacial score (nSPS) is 21.6. The van der Waals surface area contributed by atoms with Crippen LogP contribution in [0.5, 0.6) is 0 Å². The molecule has 0 aromatic carbocycles. The second-order valence-corrected chi connectivity index (χ2v) is 3.86. The maximum absolute atomic E-state index is 11.1. The van der Waals surface area contributed by atoms with Gasteiger partial charge >= 0.3 is 0 Å². The number of amides is 1. The van der Waals surface area contributed by atoms with Gasteiger partial charge in [-0.2, -0.15) is 5.10 Å². The van der Waals surface area contributed by atoms with Crippen LogP contribution in [-0.4, -0.2) is 33.7 Å². The van der Waals surface area contributed by atoms with Crippen LogP contribution >= 0.6 is 0 Å². The molecule has 0 aliphatic carbocycles. The van der Waals surface area contributed by atoms with Crippen LogP contribution in [0.4, 0.5) is 0 Å². The molecule has 1 fully saturated rings. The second-order valence-electron chi connectivity index (χ2n) is 3.86. The molecule has 0 N–H and O–H groups in total. The summed E-state index contributed by atoms with van der Waals surface area (Å²) in [5, 5.41) is 4.37. The van der Waals surface area contributed by atoms with Crippen LogP contribution in [0.1, 0.15) is 25.0 Å². The third-order valence-corrected chi connectivity index (χ3v) is 2.79. The minimum Gasteiger partial charge on any atom is -0.342 e. The van der Waals surface area contributed by atoms with Crippen molar-refractivity contribution in [2.45, 2.75) is 19.3 Å². The summed E-state index contributed by atoms with van der Waals surface area (Å²) in [4.78, 5) is 13.0. The van der Waals surface area contributed by atoms with Gasteiger partial charge in [-0.05, 0) is 12.5 Å². The van der Waals surface area contributed by atoms with Crippen molar-refractivity contribution in [3.63, 3.8) is 0 Å². The van der Waals surface area contributed by atoms with Gasteiger partial charge in [0.15, 0.2) is 0 Å². The van der Waals surface area contributed by atoms with Gasteiger partial charge in [0.05, 0.1) is 5.69 Å². The van der Waals surface area contributed by atoms with Gasteiger partial charge in [-0.1, -0.05) is 0 Å². The molecule has 14 heavy (non-hydrogen) atoms. The predicted molar refractivity (Wildman–Crippen MR) is 52.8 cm³/mol. The third kappa shape index (κ3) is 1.64. The molecule has 2 rings (SSSR count). The number of aromatic nitrogens is 2. The Hall–Kier alpha value is -1.32. The van der Waals surface area contributed by atoms with Crippen molar-refractivity contribution in [2.75, 3.05) is 13.1 Å². The van der Waals surface area contributed by atoms with Gasteiger partial charge in [-0.15, -0.1) is 0 Å². The summed E-state index contributed by atoms with van der Waals surface area (Å²) in [6.07, 6.45) is 2.99. The molecule has 1 aliphatic rings. The lowest BCUT2D eigenvalue weighted by Crippen LogP contribution is -2.25. The van der Waals surface area contributed by atoms with Crippen LogP contribution in [-0.2, 0) is 11.8 Å². The van der Waals surface area contributed by atoms with Gasteiger partial charge in [-0.3, -0.25) is 9.48 Å². The van der Waals surface area contributed by atoms with Gasteiger partial charge < -0.3 is 4.90 Å². The molecule has 2 heterocycles. The van der Waals surface area contributed by atoms with Gasteiger partial charge in [0.25, 0.3) is 0 Å². The zero-order chi connectivity index (χ0) is 10.1. The molecule has 76 valence electrons. The summed E-state index contributed by atoms with van der Waals surface area (Å²) in [6.45, 7) is 3.32. The van der Waals surface area contributed by atoms with Crippen molar-refractivity contribution < 1.29 is 4.79 Å². The largest absolute Gasteiger partial charge is 0.342 e. The molecule has 1 atom stereocenters. The fourth-order valence-corrected chi connectivity index (χ4v) is 1.94. The minimum absolute atomic E-state index is 0.170. The topological polar surface area (TPSA) is 38.1 Å². The molecule has 0 saturated carbocycles. The molecule has 1 aliphatic heterocycles. The fourth-order valence-electron chi connectivity index (χ4n) is 1.94. The van der Waals surface area contributed by atoms with Crippen molar-refractivity contribution in [3.05, 3.63) is 18.0 Å². The summed E-state index contributed by atoms with van der Waals surface area (Å²) in [7, 11) is 1.92. The van der Waals surface area contributed by atoms with Crippen molar-refractivity contribution >= 4 is 5.91 Å². The number of carbonyl (C=O) groups excluding carboxylic acids is 1. The minimum atomic E-state index is 0.170. The monoisotopic (exact) mass is 193 g/mol. The first-order chi connectivity index (χ1) is 6.66. The number of likely N-dealkylation sites (tertiary alicyclic amines) is 1. The first kappa shape index (κ1) is 9.24. The SMILES string of the molecule is CC(=O)N1CCC(c2ccn(C)n2)C1. The molecule has 4 nitrogen and oxygen atoms in total. The van der Waals surface area contributed by atoms with Gasteiger partial charge in [0.1, 0.15) is 0 Å². The van der Waals surface area contributed by atoms with E-state index in [1.54, 1.807) is 6.92 Å². The van der Waals surface area contributed by atoms with E-state index in [2.05, 4.69) is 5.10 Å². The molecule has 1 aromatic heterocycles. The number of hydrogen-bond acceptors (Lipinski definition) is 2. The van der Waals surface area contributed by atoms with Crippen molar-refractivity contribution in [2.24, 2.45) is 7.05 Å². The van der Waals surface area contributed by atoms with Crippen LogP contribution in [0.3, 0.4) is 0 Å². The van der Waals surface area contributed by atoms with Crippen LogP contribution in [0.2, 0.25) is 0 Å². The highest BCUT2D eigenvalue weighted by Gasteiger charge is 2.26. The quantitative estimate of drug-likeness (QED) is 0.660. The number of carbonyl (C=O) groups is 1. The van der Waals surface area contributed by atoms with Gasteiger partial charge in [0.2, 0.25) is 5.91 Å². The van der Waals surface area contributed by atoms with Gasteiger partial charge in [0, 0.05) is 39.2 Å². The first-order valence-electron chi connectivity index (χ1n) is 4.92. The molecule has 1 unspecified atom stereocenters. The van der Waals surface area contributed by atoms with E-state index in [0.29, 0.717) is 5.92 Å². The van der Waals surface area contributed by atoms with E-state index in [1.807, 2.05) is 28.9 Å². The highest BCUT2D eigenvalue weighted by Crippen LogP contribution is 2.25. The lowest BCUT2D eigenvalue weighted by molar-refractivity contribution is -0.127. The summed E-state index contributed by atoms with van der Waals surface area (Å²) in [5.41, 5.74) is 1.11. The smallest absolute Gasteiger partial charge is 0.219 e. The highest BCUT2D eigenvalue weighted by molar-refractivity contribution is 5.73. The standard InChI is InChI=1S/C10H15N3O/c1-8(14)13-6-3-9(7-13)10-4-5-12(2)11-10/h4-5,9H,3,6-7H2,1-2H3. The number of nitrogens with zero attached hydrogens (tertiary/aromatic N) is 3. The van der Waals surface area contributed by atoms with Crippen LogP contribution in [0.25, 0.3) is 0 Å².